The first-order chi connectivity index (χ1) is 12.6. The van der Waals surface area contributed by atoms with E-state index in [4.69, 9.17) is 0 Å². The van der Waals surface area contributed by atoms with Crippen molar-refractivity contribution in [3.63, 3.8) is 0 Å². The Kier molecular flexibility index (Phi) is 5.39. The van der Waals surface area contributed by atoms with Gasteiger partial charge in [-0.05, 0) is 43.3 Å². The van der Waals surface area contributed by atoms with Crippen LogP contribution < -0.4 is 10.6 Å². The third kappa shape index (κ3) is 4.13. The minimum Gasteiger partial charge on any atom is -0.344 e. The smallest absolute Gasteiger partial charge is 0.255 e. The number of benzene rings is 2. The molecule has 0 aliphatic heterocycles. The van der Waals surface area contributed by atoms with E-state index in [9.17, 15) is 9.59 Å². The normalized spacial score (nSPS) is 11.4. The van der Waals surface area contributed by atoms with E-state index in [0.717, 1.165) is 5.69 Å². The lowest BCUT2D eigenvalue weighted by Gasteiger charge is -2.15. The van der Waals surface area contributed by atoms with E-state index in [1.54, 1.807) is 54.7 Å². The van der Waals surface area contributed by atoms with Crippen LogP contribution in [0.2, 0.25) is 0 Å². The number of hydrogen-bond acceptors (Lipinski definition) is 3. The number of carbonyl (C=O) groups is 2. The fraction of sp³-hybridized carbons (Fsp3) is 0.0952. The van der Waals surface area contributed by atoms with Crippen LogP contribution >= 0.6 is 0 Å². The molecule has 1 heterocycles. The van der Waals surface area contributed by atoms with Crippen molar-refractivity contribution in [2.45, 2.75) is 13.0 Å². The van der Waals surface area contributed by atoms with Gasteiger partial charge in [-0.15, -0.1) is 0 Å². The second-order valence-electron chi connectivity index (χ2n) is 5.82. The van der Waals surface area contributed by atoms with Crippen molar-refractivity contribution in [3.8, 4) is 0 Å². The van der Waals surface area contributed by atoms with E-state index in [-0.39, 0.29) is 17.9 Å². The molecule has 0 aliphatic rings. The molecule has 0 radical (unpaired) electrons. The molecule has 0 saturated heterocycles. The lowest BCUT2D eigenvalue weighted by molar-refractivity contribution is 0.0940. The van der Waals surface area contributed by atoms with Crippen LogP contribution in [0.5, 0.6) is 0 Å². The summed E-state index contributed by atoms with van der Waals surface area (Å²) in [6, 6.07) is 21.1. The molecule has 130 valence electrons. The summed E-state index contributed by atoms with van der Waals surface area (Å²) in [6.45, 7) is 1.87. The van der Waals surface area contributed by atoms with Crippen LogP contribution in [0.3, 0.4) is 0 Å². The Morgan fingerprint density at radius 2 is 1.54 bits per heavy atom. The van der Waals surface area contributed by atoms with Crippen molar-refractivity contribution in [3.05, 3.63) is 95.8 Å². The van der Waals surface area contributed by atoms with Gasteiger partial charge in [0.1, 0.15) is 0 Å². The molecule has 3 rings (SSSR count). The maximum atomic E-state index is 12.7. The molecule has 2 aromatic carbocycles. The molecule has 1 atom stereocenters. The molecule has 1 unspecified atom stereocenters. The maximum Gasteiger partial charge on any atom is 0.255 e. The molecular weight excluding hydrogens is 326 g/mol. The van der Waals surface area contributed by atoms with E-state index in [0.29, 0.717) is 16.8 Å². The highest BCUT2D eigenvalue weighted by molar-refractivity contribution is 6.09. The van der Waals surface area contributed by atoms with Gasteiger partial charge >= 0.3 is 0 Å². The third-order valence-corrected chi connectivity index (χ3v) is 3.93. The van der Waals surface area contributed by atoms with Gasteiger partial charge in [-0.1, -0.05) is 36.4 Å². The Bertz CT molecular complexity index is 895. The summed E-state index contributed by atoms with van der Waals surface area (Å²) in [5.41, 5.74) is 2.17. The molecule has 0 bridgehead atoms. The fourth-order valence-electron chi connectivity index (χ4n) is 2.55. The summed E-state index contributed by atoms with van der Waals surface area (Å²) in [7, 11) is 0. The van der Waals surface area contributed by atoms with Gasteiger partial charge in [0, 0.05) is 11.8 Å². The van der Waals surface area contributed by atoms with Gasteiger partial charge in [-0.25, -0.2) is 0 Å². The summed E-state index contributed by atoms with van der Waals surface area (Å²) >= 11 is 0. The number of carbonyl (C=O) groups excluding carboxylic acids is 2. The van der Waals surface area contributed by atoms with E-state index in [1.165, 1.54) is 0 Å². The van der Waals surface area contributed by atoms with Crippen LogP contribution in [0.4, 0.5) is 5.69 Å². The largest absolute Gasteiger partial charge is 0.344 e. The number of para-hydroxylation sites is 1. The van der Waals surface area contributed by atoms with Crippen molar-refractivity contribution in [1.82, 2.24) is 10.3 Å². The van der Waals surface area contributed by atoms with Crippen LogP contribution in [-0.4, -0.2) is 16.8 Å². The molecule has 0 saturated carbocycles. The van der Waals surface area contributed by atoms with Crippen molar-refractivity contribution in [1.29, 1.82) is 0 Å². The highest BCUT2D eigenvalue weighted by atomic mass is 16.2. The molecule has 2 N–H and O–H groups in total. The summed E-state index contributed by atoms with van der Waals surface area (Å²) in [5, 5.41) is 5.72. The Morgan fingerprint density at radius 3 is 2.27 bits per heavy atom. The van der Waals surface area contributed by atoms with Crippen LogP contribution in [0.15, 0.2) is 79.0 Å². The van der Waals surface area contributed by atoms with Gasteiger partial charge in [0.05, 0.1) is 23.0 Å². The number of nitrogens with one attached hydrogen (secondary N) is 2. The minimum atomic E-state index is -0.271. The first-order valence-electron chi connectivity index (χ1n) is 8.32. The molecular formula is C21H19N3O2. The number of amides is 2. The summed E-state index contributed by atoms with van der Waals surface area (Å²) < 4.78 is 0. The highest BCUT2D eigenvalue weighted by Gasteiger charge is 2.16. The molecule has 1 aromatic heterocycles. The van der Waals surface area contributed by atoms with E-state index in [2.05, 4.69) is 15.6 Å². The maximum absolute atomic E-state index is 12.7. The van der Waals surface area contributed by atoms with Gasteiger partial charge in [-0.2, -0.15) is 0 Å². The third-order valence-electron chi connectivity index (χ3n) is 3.93. The number of aromatic nitrogens is 1. The topological polar surface area (TPSA) is 71.1 Å². The Hall–Kier alpha value is -3.47. The SMILES string of the molecule is CC(NC(=O)c1ccccc1NC(=O)c1ccccc1)c1ccccn1. The molecule has 0 fully saturated rings. The van der Waals surface area contributed by atoms with E-state index >= 15 is 0 Å². The minimum absolute atomic E-state index is 0.249. The van der Waals surface area contributed by atoms with Crippen molar-refractivity contribution >= 4 is 17.5 Å². The van der Waals surface area contributed by atoms with Crippen LogP contribution in [0.25, 0.3) is 0 Å². The number of pyridine rings is 1. The average molecular weight is 345 g/mol. The van der Waals surface area contributed by atoms with Crippen LogP contribution in [0, 0.1) is 0 Å². The molecule has 0 spiro atoms. The Labute approximate surface area is 152 Å². The fourth-order valence-corrected chi connectivity index (χ4v) is 2.55. The Balaban J connectivity index is 1.76. The Morgan fingerprint density at radius 1 is 0.846 bits per heavy atom. The van der Waals surface area contributed by atoms with Crippen molar-refractivity contribution in [2.24, 2.45) is 0 Å². The summed E-state index contributed by atoms with van der Waals surface area (Å²) in [6.07, 6.45) is 1.69. The van der Waals surface area contributed by atoms with Gasteiger partial charge in [0.2, 0.25) is 0 Å². The predicted octanol–water partition coefficient (Wildman–Crippen LogP) is 3.82. The summed E-state index contributed by atoms with van der Waals surface area (Å²) in [5.74, 6) is -0.532. The van der Waals surface area contributed by atoms with E-state index < -0.39 is 0 Å². The molecule has 26 heavy (non-hydrogen) atoms. The standard InChI is InChI=1S/C21H19N3O2/c1-15(18-12-7-8-14-22-18)23-21(26)17-11-5-6-13-19(17)24-20(25)16-9-3-2-4-10-16/h2-15H,1H3,(H,23,26)(H,24,25). The molecule has 5 nitrogen and oxygen atoms in total. The highest BCUT2D eigenvalue weighted by Crippen LogP contribution is 2.18. The van der Waals surface area contributed by atoms with Gasteiger partial charge in [-0.3, -0.25) is 14.6 Å². The van der Waals surface area contributed by atoms with Crippen LogP contribution in [-0.2, 0) is 0 Å². The van der Waals surface area contributed by atoms with Gasteiger partial charge < -0.3 is 10.6 Å². The van der Waals surface area contributed by atoms with Gasteiger partial charge in [0.15, 0.2) is 0 Å². The quantitative estimate of drug-likeness (QED) is 0.738. The monoisotopic (exact) mass is 345 g/mol. The average Bonchev–Trinajstić information content (AvgIpc) is 2.69. The van der Waals surface area contributed by atoms with Crippen molar-refractivity contribution in [2.75, 3.05) is 5.32 Å². The number of nitrogens with zero attached hydrogens (tertiary/aromatic N) is 1. The van der Waals surface area contributed by atoms with Gasteiger partial charge in [0.25, 0.3) is 11.8 Å². The first-order valence-corrected chi connectivity index (χ1v) is 8.32. The molecule has 3 aromatic rings. The van der Waals surface area contributed by atoms with Crippen molar-refractivity contribution < 1.29 is 9.59 Å². The second-order valence-corrected chi connectivity index (χ2v) is 5.82. The zero-order valence-electron chi connectivity index (χ0n) is 14.3. The predicted molar refractivity (Wildman–Crippen MR) is 101 cm³/mol. The molecule has 0 aliphatic carbocycles. The second kappa shape index (κ2) is 8.07. The zero-order valence-corrected chi connectivity index (χ0v) is 14.3. The number of hydrogen-bond donors (Lipinski definition) is 2. The zero-order chi connectivity index (χ0) is 18.4. The molecule has 5 heteroatoms. The van der Waals surface area contributed by atoms with E-state index in [1.807, 2.05) is 31.2 Å². The number of rotatable bonds is 5. The number of anilines is 1. The lowest BCUT2D eigenvalue weighted by Crippen LogP contribution is -2.28. The first kappa shape index (κ1) is 17.4. The lowest BCUT2D eigenvalue weighted by atomic mass is 10.1. The molecule has 2 amide bonds. The summed E-state index contributed by atoms with van der Waals surface area (Å²) in [4.78, 5) is 29.3. The van der Waals surface area contributed by atoms with Crippen LogP contribution in [0.1, 0.15) is 39.4 Å².